The number of nitrogens with zero attached hydrogens (tertiary/aromatic N) is 1. The Hall–Kier alpha value is -2.13. The molecule has 9 heteroatoms. The predicted molar refractivity (Wildman–Crippen MR) is 146 cm³/mol. The molecule has 2 aliphatic heterocycles. The molecule has 0 aromatic rings. The van der Waals surface area contributed by atoms with Crippen molar-refractivity contribution < 1.29 is 33.7 Å². The first kappa shape index (κ1) is 28.0. The van der Waals surface area contributed by atoms with Crippen LogP contribution in [0.15, 0.2) is 11.6 Å². The molecule has 40 heavy (non-hydrogen) atoms. The van der Waals surface area contributed by atoms with Gasteiger partial charge in [0, 0.05) is 50.4 Å². The molecule has 0 radical (unpaired) electrons. The van der Waals surface area contributed by atoms with Gasteiger partial charge in [-0.05, 0) is 86.7 Å². The molecule has 9 nitrogen and oxygen atoms in total. The van der Waals surface area contributed by atoms with E-state index in [9.17, 15) is 19.5 Å². The van der Waals surface area contributed by atoms with Crippen molar-refractivity contribution in [3.8, 4) is 0 Å². The van der Waals surface area contributed by atoms with Crippen LogP contribution in [0.5, 0.6) is 0 Å². The molecule has 1 saturated heterocycles. The first-order valence-electron chi connectivity index (χ1n) is 15.5. The average molecular weight is 559 g/mol. The SMILES string of the molecule is CC(=O)OC1CC2(O)C3CCC4CC(OC(=O)N5CCCNCC5)CCC4(C)C3CCC2(C)C1C1=CC(=O)OC1. The van der Waals surface area contributed by atoms with E-state index in [1.165, 1.54) is 6.92 Å². The van der Waals surface area contributed by atoms with E-state index in [-0.39, 0.29) is 48.0 Å². The van der Waals surface area contributed by atoms with Crippen molar-refractivity contribution in [2.45, 2.75) is 96.4 Å². The molecule has 2 N–H and O–H groups in total. The normalized spacial score (nSPS) is 44.9. The molecule has 1 amide bonds. The highest BCUT2D eigenvalue weighted by Crippen LogP contribution is 2.70. The zero-order chi connectivity index (χ0) is 28.3. The Kier molecular flexibility index (Phi) is 7.21. The van der Waals surface area contributed by atoms with E-state index in [1.54, 1.807) is 6.08 Å². The third-order valence-electron chi connectivity index (χ3n) is 12.1. The number of hydrogen-bond donors (Lipinski definition) is 2. The second-order valence-electron chi connectivity index (χ2n) is 13.9. The summed E-state index contributed by atoms with van der Waals surface area (Å²) in [5.41, 5.74) is -0.594. The number of rotatable bonds is 3. The minimum Gasteiger partial charge on any atom is -0.462 e. The molecule has 0 bridgehead atoms. The topological polar surface area (TPSA) is 114 Å². The average Bonchev–Trinajstić information content (AvgIpc) is 3.26. The first-order valence-corrected chi connectivity index (χ1v) is 15.5. The first-order chi connectivity index (χ1) is 19.0. The Morgan fingerprint density at radius 1 is 1.07 bits per heavy atom. The minimum absolute atomic E-state index is 0.0497. The molecule has 2 heterocycles. The van der Waals surface area contributed by atoms with E-state index >= 15 is 0 Å². The minimum atomic E-state index is -0.995. The van der Waals surface area contributed by atoms with Gasteiger partial charge in [-0.2, -0.15) is 0 Å². The molecule has 6 rings (SSSR count). The number of ether oxygens (including phenoxy) is 3. The largest absolute Gasteiger partial charge is 0.462 e. The molecule has 9 unspecified atom stereocenters. The lowest BCUT2D eigenvalue weighted by Crippen LogP contribution is -2.62. The number of carbonyl (C=O) groups excluding carboxylic acids is 3. The van der Waals surface area contributed by atoms with E-state index in [1.807, 2.05) is 4.90 Å². The van der Waals surface area contributed by atoms with E-state index in [2.05, 4.69) is 19.2 Å². The van der Waals surface area contributed by atoms with Crippen LogP contribution in [0.1, 0.15) is 78.6 Å². The molecule has 9 atom stereocenters. The zero-order valence-corrected chi connectivity index (χ0v) is 24.3. The van der Waals surface area contributed by atoms with Gasteiger partial charge in [-0.25, -0.2) is 9.59 Å². The fraction of sp³-hybridized carbons (Fsp3) is 0.839. The van der Waals surface area contributed by atoms with Crippen molar-refractivity contribution in [2.24, 2.45) is 34.5 Å². The molecule has 6 aliphatic rings. The third-order valence-corrected chi connectivity index (χ3v) is 12.1. The molecule has 222 valence electrons. The van der Waals surface area contributed by atoms with Crippen molar-refractivity contribution >= 4 is 18.0 Å². The summed E-state index contributed by atoms with van der Waals surface area (Å²) < 4.78 is 17.2. The van der Waals surface area contributed by atoms with E-state index in [0.29, 0.717) is 24.8 Å². The van der Waals surface area contributed by atoms with Crippen LogP contribution in [-0.2, 0) is 23.8 Å². The summed E-state index contributed by atoms with van der Waals surface area (Å²) in [6.45, 7) is 9.35. The van der Waals surface area contributed by atoms with Crippen molar-refractivity contribution in [3.05, 3.63) is 11.6 Å². The van der Waals surface area contributed by atoms with Crippen LogP contribution in [0, 0.1) is 34.5 Å². The molecule has 0 aromatic carbocycles. The molecule has 4 saturated carbocycles. The fourth-order valence-corrected chi connectivity index (χ4v) is 10.1. The van der Waals surface area contributed by atoms with Gasteiger partial charge < -0.3 is 29.5 Å². The Labute approximate surface area is 237 Å². The summed E-state index contributed by atoms with van der Waals surface area (Å²) in [6, 6.07) is 0. The Morgan fingerprint density at radius 2 is 1.90 bits per heavy atom. The molecule has 4 aliphatic carbocycles. The number of hydrogen-bond acceptors (Lipinski definition) is 8. The number of amides is 1. The molecular formula is C31H46N2O7. The summed E-state index contributed by atoms with van der Waals surface area (Å²) in [5.74, 6) is -0.0547. The van der Waals surface area contributed by atoms with Crippen molar-refractivity contribution in [1.29, 1.82) is 0 Å². The number of fused-ring (bicyclic) bond motifs is 5. The summed E-state index contributed by atoms with van der Waals surface area (Å²) in [7, 11) is 0. The van der Waals surface area contributed by atoms with Crippen LogP contribution in [0.2, 0.25) is 0 Å². The van der Waals surface area contributed by atoms with Gasteiger partial charge in [0.2, 0.25) is 0 Å². The van der Waals surface area contributed by atoms with Gasteiger partial charge in [0.15, 0.2) is 0 Å². The van der Waals surface area contributed by atoms with Crippen molar-refractivity contribution in [1.82, 2.24) is 10.2 Å². The van der Waals surface area contributed by atoms with Gasteiger partial charge >= 0.3 is 18.0 Å². The van der Waals surface area contributed by atoms with Crippen LogP contribution in [0.3, 0.4) is 0 Å². The zero-order valence-electron chi connectivity index (χ0n) is 24.3. The quantitative estimate of drug-likeness (QED) is 0.399. The Bertz CT molecular complexity index is 1070. The number of carbonyl (C=O) groups is 3. The summed E-state index contributed by atoms with van der Waals surface area (Å²) >= 11 is 0. The lowest BCUT2D eigenvalue weighted by atomic mass is 9.43. The highest BCUT2D eigenvalue weighted by Gasteiger charge is 2.71. The van der Waals surface area contributed by atoms with Gasteiger partial charge in [-0.3, -0.25) is 4.79 Å². The van der Waals surface area contributed by atoms with Crippen LogP contribution in [-0.4, -0.2) is 78.6 Å². The maximum absolute atomic E-state index is 12.9. The predicted octanol–water partition coefficient (Wildman–Crippen LogP) is 3.59. The van der Waals surface area contributed by atoms with Crippen molar-refractivity contribution in [2.75, 3.05) is 32.8 Å². The molecule has 0 aromatic heterocycles. The second-order valence-corrected chi connectivity index (χ2v) is 13.9. The summed E-state index contributed by atoms with van der Waals surface area (Å²) in [6.07, 6.45) is 8.62. The lowest BCUT2D eigenvalue weighted by molar-refractivity contribution is -0.208. The van der Waals surface area contributed by atoms with Gasteiger partial charge in [0.25, 0.3) is 0 Å². The summed E-state index contributed by atoms with van der Waals surface area (Å²) in [4.78, 5) is 38.9. The highest BCUT2D eigenvalue weighted by atomic mass is 16.6. The second kappa shape index (κ2) is 10.3. The molecule has 5 fully saturated rings. The van der Waals surface area contributed by atoms with Gasteiger partial charge in [-0.1, -0.05) is 13.8 Å². The van der Waals surface area contributed by atoms with E-state index in [4.69, 9.17) is 14.2 Å². The van der Waals surface area contributed by atoms with E-state index in [0.717, 1.165) is 76.6 Å². The van der Waals surface area contributed by atoms with Gasteiger partial charge in [0.1, 0.15) is 18.8 Å². The number of nitrogens with one attached hydrogen (secondary N) is 1. The van der Waals surface area contributed by atoms with Crippen LogP contribution >= 0.6 is 0 Å². The maximum atomic E-state index is 12.9. The van der Waals surface area contributed by atoms with Crippen molar-refractivity contribution in [3.63, 3.8) is 0 Å². The molecule has 0 spiro atoms. The van der Waals surface area contributed by atoms with Crippen LogP contribution in [0.4, 0.5) is 4.79 Å². The van der Waals surface area contributed by atoms with Gasteiger partial charge in [0.05, 0.1) is 5.60 Å². The van der Waals surface area contributed by atoms with Gasteiger partial charge in [-0.15, -0.1) is 0 Å². The van der Waals surface area contributed by atoms with Crippen LogP contribution in [0.25, 0.3) is 0 Å². The fourth-order valence-electron chi connectivity index (χ4n) is 10.1. The summed E-state index contributed by atoms with van der Waals surface area (Å²) in [5, 5.41) is 16.0. The Balaban J connectivity index is 1.20. The third kappa shape index (κ3) is 4.46. The Morgan fingerprint density at radius 3 is 2.65 bits per heavy atom. The number of esters is 2. The standard InChI is InChI=1S/C31H46N2O7/c1-19(34)39-25-17-31(37)24-6-5-21-16-22(40-28(36)33-13-4-11-32-12-14-33)7-9-29(21,2)23(24)8-10-30(31,3)27(25)20-15-26(35)38-18-20/h15,21-25,27,32,37H,4-14,16-18H2,1-3H3. The van der Waals surface area contributed by atoms with E-state index < -0.39 is 17.1 Å². The smallest absolute Gasteiger partial charge is 0.410 e. The monoisotopic (exact) mass is 558 g/mol. The number of cyclic esters (lactones) is 1. The highest BCUT2D eigenvalue weighted by molar-refractivity contribution is 5.85. The lowest BCUT2D eigenvalue weighted by Gasteiger charge is -2.63. The number of aliphatic hydroxyl groups is 1. The van der Waals surface area contributed by atoms with Crippen LogP contribution < -0.4 is 5.32 Å². The maximum Gasteiger partial charge on any atom is 0.410 e. The molecular weight excluding hydrogens is 512 g/mol.